The Balaban J connectivity index is 1.90. The Bertz CT molecular complexity index is 811. The van der Waals surface area contributed by atoms with E-state index in [1.165, 1.54) is 11.8 Å². The third-order valence-corrected chi connectivity index (χ3v) is 3.66. The van der Waals surface area contributed by atoms with E-state index in [0.29, 0.717) is 11.3 Å². The predicted molar refractivity (Wildman–Crippen MR) is 84.1 cm³/mol. The van der Waals surface area contributed by atoms with E-state index in [4.69, 9.17) is 4.74 Å². The van der Waals surface area contributed by atoms with Gasteiger partial charge < -0.3 is 10.1 Å². The molecule has 0 saturated carbocycles. The van der Waals surface area contributed by atoms with Crippen molar-refractivity contribution in [3.05, 3.63) is 47.3 Å². The zero-order valence-corrected chi connectivity index (χ0v) is 13.0. The molecule has 3 rings (SSSR count). The summed E-state index contributed by atoms with van der Waals surface area (Å²) in [7, 11) is 3.15. The minimum absolute atomic E-state index is 0.0229. The van der Waals surface area contributed by atoms with Crippen LogP contribution in [-0.4, -0.2) is 34.4 Å². The van der Waals surface area contributed by atoms with E-state index in [9.17, 15) is 9.59 Å². The molecule has 7 heteroatoms. The first-order chi connectivity index (χ1) is 11.0. The number of nitrogens with one attached hydrogen (secondary N) is 1. The summed E-state index contributed by atoms with van der Waals surface area (Å²) in [5.41, 5.74) is 2.44. The second-order valence-corrected chi connectivity index (χ2v) is 5.38. The maximum Gasteiger partial charge on any atom is 0.284 e. The Labute approximate surface area is 133 Å². The highest BCUT2D eigenvalue weighted by atomic mass is 16.5. The molecule has 0 fully saturated rings. The van der Waals surface area contributed by atoms with Crippen molar-refractivity contribution in [1.82, 2.24) is 15.1 Å². The van der Waals surface area contributed by atoms with Gasteiger partial charge in [0.05, 0.1) is 12.8 Å². The van der Waals surface area contributed by atoms with Gasteiger partial charge >= 0.3 is 0 Å². The second-order valence-electron chi connectivity index (χ2n) is 5.38. The van der Waals surface area contributed by atoms with Gasteiger partial charge in [-0.15, -0.1) is 5.10 Å². The molecule has 1 N–H and O–H groups in total. The molecule has 23 heavy (non-hydrogen) atoms. The molecule has 1 aromatic heterocycles. The number of rotatable bonds is 2. The molecule has 7 nitrogen and oxygen atoms in total. The third-order valence-electron chi connectivity index (χ3n) is 3.66. The summed E-state index contributed by atoms with van der Waals surface area (Å²) in [6.07, 6.45) is 8.51. The molecular formula is C16H16N4O3. The van der Waals surface area contributed by atoms with E-state index in [0.717, 1.165) is 11.3 Å². The van der Waals surface area contributed by atoms with Gasteiger partial charge in [-0.25, -0.2) is 4.99 Å². The SMILES string of the molecule is COc1nn(C)cc1C(=O)N=C1C=CC2C(C)=CC(=O)NC2=C1. The molecule has 0 radical (unpaired) electrons. The summed E-state index contributed by atoms with van der Waals surface area (Å²) in [5.74, 6) is -0.356. The van der Waals surface area contributed by atoms with Crippen LogP contribution in [0, 0.1) is 5.92 Å². The van der Waals surface area contributed by atoms with Crippen LogP contribution in [0.25, 0.3) is 0 Å². The molecule has 1 unspecified atom stereocenters. The number of fused-ring (bicyclic) bond motifs is 1. The van der Waals surface area contributed by atoms with Gasteiger partial charge in [-0.2, -0.15) is 0 Å². The molecule has 1 atom stereocenters. The minimum atomic E-state index is -0.445. The van der Waals surface area contributed by atoms with Crippen LogP contribution in [0.4, 0.5) is 0 Å². The number of methoxy groups -OCH3 is 1. The van der Waals surface area contributed by atoms with E-state index in [2.05, 4.69) is 15.4 Å². The van der Waals surface area contributed by atoms with Crippen LogP contribution in [0.15, 0.2) is 46.8 Å². The Morgan fingerprint density at radius 2 is 2.22 bits per heavy atom. The lowest BCUT2D eigenvalue weighted by Crippen LogP contribution is -2.32. The molecule has 2 amide bonds. The highest BCUT2D eigenvalue weighted by Gasteiger charge is 2.24. The first kappa shape index (κ1) is 15.0. The van der Waals surface area contributed by atoms with Crippen molar-refractivity contribution < 1.29 is 14.3 Å². The summed E-state index contributed by atoms with van der Waals surface area (Å²) in [4.78, 5) is 28.0. The Hall–Kier alpha value is -2.96. The Morgan fingerprint density at radius 3 is 2.96 bits per heavy atom. The highest BCUT2D eigenvalue weighted by Crippen LogP contribution is 2.26. The zero-order valence-electron chi connectivity index (χ0n) is 13.0. The van der Waals surface area contributed by atoms with Crippen molar-refractivity contribution >= 4 is 17.5 Å². The largest absolute Gasteiger partial charge is 0.479 e. The fourth-order valence-corrected chi connectivity index (χ4v) is 2.59. The van der Waals surface area contributed by atoms with Gasteiger partial charge in [0.15, 0.2) is 0 Å². The van der Waals surface area contributed by atoms with Gasteiger partial charge in [-0.3, -0.25) is 14.3 Å². The number of hydrogen-bond acceptors (Lipinski definition) is 4. The summed E-state index contributed by atoms with van der Waals surface area (Å²) in [6.45, 7) is 1.90. The van der Waals surface area contributed by atoms with Gasteiger partial charge in [0, 0.05) is 30.9 Å². The molecule has 1 aliphatic carbocycles. The maximum absolute atomic E-state index is 12.3. The first-order valence-corrected chi connectivity index (χ1v) is 7.07. The molecule has 0 bridgehead atoms. The molecule has 0 spiro atoms. The van der Waals surface area contributed by atoms with Crippen molar-refractivity contribution in [2.45, 2.75) is 6.92 Å². The monoisotopic (exact) mass is 312 g/mol. The van der Waals surface area contributed by atoms with Gasteiger partial charge in [-0.1, -0.05) is 11.6 Å². The Kier molecular flexibility index (Phi) is 3.69. The lowest BCUT2D eigenvalue weighted by molar-refractivity contribution is -0.116. The molecule has 2 aliphatic rings. The highest BCUT2D eigenvalue weighted by molar-refractivity contribution is 6.14. The minimum Gasteiger partial charge on any atom is -0.479 e. The number of amides is 2. The maximum atomic E-state index is 12.3. The summed E-state index contributed by atoms with van der Waals surface area (Å²) < 4.78 is 6.56. The second kappa shape index (κ2) is 5.68. The van der Waals surface area contributed by atoms with Crippen molar-refractivity contribution in [2.24, 2.45) is 18.0 Å². The molecule has 1 aromatic rings. The number of hydrogen-bond donors (Lipinski definition) is 1. The van der Waals surface area contributed by atoms with Gasteiger partial charge in [-0.05, 0) is 19.1 Å². The average molecular weight is 312 g/mol. The summed E-state index contributed by atoms with van der Waals surface area (Å²) in [6, 6.07) is 0. The molecule has 1 aliphatic heterocycles. The molecule has 118 valence electrons. The smallest absolute Gasteiger partial charge is 0.284 e. The van der Waals surface area contributed by atoms with Crippen LogP contribution in [0.1, 0.15) is 17.3 Å². The standard InChI is InChI=1S/C16H16N4O3/c1-9-6-14(21)18-13-7-10(4-5-11(9)13)17-15(22)12-8-20(2)19-16(12)23-3/h4-8,11H,1-3H3,(H,18,21). The van der Waals surface area contributed by atoms with Gasteiger partial charge in [0.2, 0.25) is 11.8 Å². The van der Waals surface area contributed by atoms with E-state index in [1.54, 1.807) is 31.5 Å². The molecular weight excluding hydrogens is 296 g/mol. The quantitative estimate of drug-likeness (QED) is 0.888. The first-order valence-electron chi connectivity index (χ1n) is 7.07. The molecule has 2 heterocycles. The van der Waals surface area contributed by atoms with Crippen molar-refractivity contribution in [1.29, 1.82) is 0 Å². The lowest BCUT2D eigenvalue weighted by atomic mass is 9.89. The van der Waals surface area contributed by atoms with Crippen LogP contribution in [-0.2, 0) is 11.8 Å². The van der Waals surface area contributed by atoms with Gasteiger partial charge in [0.1, 0.15) is 5.56 Å². The van der Waals surface area contributed by atoms with Crippen LogP contribution < -0.4 is 10.1 Å². The van der Waals surface area contributed by atoms with Crippen molar-refractivity contribution in [3.63, 3.8) is 0 Å². The van der Waals surface area contributed by atoms with Crippen LogP contribution in [0.3, 0.4) is 0 Å². The molecule has 0 saturated heterocycles. The topological polar surface area (TPSA) is 85.6 Å². The van der Waals surface area contributed by atoms with E-state index in [1.807, 2.05) is 13.0 Å². The number of carbonyl (C=O) groups excluding carboxylic acids is 2. The predicted octanol–water partition coefficient (Wildman–Crippen LogP) is 1.16. The summed E-state index contributed by atoms with van der Waals surface area (Å²) >= 11 is 0. The van der Waals surface area contributed by atoms with Crippen LogP contribution in [0.2, 0.25) is 0 Å². The number of allylic oxidation sites excluding steroid dienone is 3. The normalized spacial score (nSPS) is 21.4. The van der Waals surface area contributed by atoms with E-state index < -0.39 is 5.91 Å². The third kappa shape index (κ3) is 2.85. The van der Waals surface area contributed by atoms with Gasteiger partial charge in [0.25, 0.3) is 5.91 Å². The fraction of sp³-hybridized carbons (Fsp3) is 0.250. The number of aryl methyl sites for hydroxylation is 1. The number of aromatic nitrogens is 2. The number of carbonyl (C=O) groups is 2. The van der Waals surface area contributed by atoms with Crippen molar-refractivity contribution in [3.8, 4) is 5.88 Å². The van der Waals surface area contributed by atoms with E-state index in [-0.39, 0.29) is 17.7 Å². The summed E-state index contributed by atoms with van der Waals surface area (Å²) in [5, 5.41) is 6.81. The zero-order chi connectivity index (χ0) is 16.6. The lowest BCUT2D eigenvalue weighted by Gasteiger charge is -2.25. The number of ether oxygens (including phenoxy) is 1. The van der Waals surface area contributed by atoms with E-state index >= 15 is 0 Å². The number of nitrogens with zero attached hydrogens (tertiary/aromatic N) is 3. The molecule has 0 aromatic carbocycles. The van der Waals surface area contributed by atoms with Crippen LogP contribution >= 0.6 is 0 Å². The van der Waals surface area contributed by atoms with Crippen molar-refractivity contribution in [2.75, 3.05) is 7.11 Å². The fourth-order valence-electron chi connectivity index (χ4n) is 2.59. The Morgan fingerprint density at radius 1 is 1.43 bits per heavy atom. The average Bonchev–Trinajstić information content (AvgIpc) is 2.88. The van der Waals surface area contributed by atoms with Crippen LogP contribution in [0.5, 0.6) is 5.88 Å². The number of aliphatic imine (C=N–C) groups is 1.